The van der Waals surface area contributed by atoms with Gasteiger partial charge in [0.2, 0.25) is 0 Å². The fourth-order valence-electron chi connectivity index (χ4n) is 4.91. The lowest BCUT2D eigenvalue weighted by Crippen LogP contribution is -2.56. The molecule has 0 amide bonds. The summed E-state index contributed by atoms with van der Waals surface area (Å²) in [6.45, 7) is -0.385. The minimum absolute atomic E-state index is 0.00799. The molecule has 2 heterocycles. The first-order chi connectivity index (χ1) is 21.4. The summed E-state index contributed by atoms with van der Waals surface area (Å²) in [4.78, 5) is 52.9. The Morgan fingerprint density at radius 1 is 0.682 bits per heavy atom. The molecule has 11 heteroatoms. The van der Waals surface area contributed by atoms with Crippen LogP contribution in [0.25, 0.3) is 11.1 Å². The summed E-state index contributed by atoms with van der Waals surface area (Å²) < 4.78 is 44.1. The lowest BCUT2D eigenvalue weighted by atomic mass is 10.0. The van der Waals surface area contributed by atoms with Crippen molar-refractivity contribution in [2.45, 2.75) is 24.5 Å². The van der Waals surface area contributed by atoms with Gasteiger partial charge in [-0.3, -0.25) is 0 Å². The summed E-state index contributed by atoms with van der Waals surface area (Å²) in [5.74, 6) is -4.01. The topological polar surface area (TPSA) is 123 Å². The highest BCUT2D eigenvalue weighted by Gasteiger charge is 2.49. The Morgan fingerprint density at radius 3 is 1.73 bits per heavy atom. The van der Waals surface area contributed by atoms with Crippen LogP contribution in [0.4, 0.5) is 4.39 Å². The monoisotopic (exact) mass is 597 g/mol. The van der Waals surface area contributed by atoms with E-state index in [4.69, 9.17) is 23.4 Å². The molecule has 0 bridgehead atoms. The summed E-state index contributed by atoms with van der Waals surface area (Å²) in [7, 11) is 0. The van der Waals surface area contributed by atoms with Gasteiger partial charge in [0.1, 0.15) is 5.82 Å². The molecule has 5 aromatic rings. The number of rotatable bonds is 7. The van der Waals surface area contributed by atoms with Crippen LogP contribution >= 0.6 is 0 Å². The standard InChI is InChI=1S/C33H24FNO9/c34-23-16-17-25-24(18-23)35(33(39)42-25)29-28(44-32(38)22-14-8-3-9-15-22)27(43-31(37)21-12-6-2-7-13-21)26(19-40-29)41-30(36)20-10-4-1-5-11-20/h1-18,26-29H,19H2/t26-,27-,28-,29+/m1/s1. The van der Waals surface area contributed by atoms with Gasteiger partial charge in [0.15, 0.2) is 30.1 Å². The van der Waals surface area contributed by atoms with Gasteiger partial charge in [0.25, 0.3) is 0 Å². The van der Waals surface area contributed by atoms with Gasteiger partial charge in [-0.15, -0.1) is 0 Å². The molecule has 4 atom stereocenters. The third-order valence-corrected chi connectivity index (χ3v) is 7.00. The van der Waals surface area contributed by atoms with Crippen molar-refractivity contribution < 1.29 is 42.1 Å². The predicted octanol–water partition coefficient (Wildman–Crippen LogP) is 4.94. The Kier molecular flexibility index (Phi) is 8.02. The van der Waals surface area contributed by atoms with E-state index in [1.54, 1.807) is 66.7 Å². The molecule has 0 spiro atoms. The van der Waals surface area contributed by atoms with E-state index in [0.29, 0.717) is 0 Å². The van der Waals surface area contributed by atoms with Crippen LogP contribution in [0.1, 0.15) is 37.3 Å². The van der Waals surface area contributed by atoms with Crippen LogP contribution in [0, 0.1) is 5.82 Å². The van der Waals surface area contributed by atoms with E-state index in [1.807, 2.05) is 0 Å². The highest BCUT2D eigenvalue weighted by atomic mass is 19.1. The van der Waals surface area contributed by atoms with E-state index < -0.39 is 54.0 Å². The minimum atomic E-state index is -1.57. The first-order valence-corrected chi connectivity index (χ1v) is 13.6. The number of oxazole rings is 1. The number of aromatic nitrogens is 1. The Morgan fingerprint density at radius 2 is 1.18 bits per heavy atom. The zero-order valence-corrected chi connectivity index (χ0v) is 22.9. The first-order valence-electron chi connectivity index (χ1n) is 13.6. The number of nitrogens with zero attached hydrogens (tertiary/aromatic N) is 1. The van der Waals surface area contributed by atoms with Crippen LogP contribution in [0.5, 0.6) is 0 Å². The Labute approximate surface area is 249 Å². The molecule has 10 nitrogen and oxygen atoms in total. The number of ether oxygens (including phenoxy) is 4. The summed E-state index contributed by atoms with van der Waals surface area (Å²) in [6, 6.07) is 27.6. The molecule has 4 aromatic carbocycles. The van der Waals surface area contributed by atoms with Crippen molar-refractivity contribution >= 4 is 29.0 Å². The summed E-state index contributed by atoms with van der Waals surface area (Å²) >= 11 is 0. The Bertz CT molecular complexity index is 1850. The highest BCUT2D eigenvalue weighted by molar-refractivity contribution is 5.91. The van der Waals surface area contributed by atoms with Crippen LogP contribution in [0.3, 0.4) is 0 Å². The van der Waals surface area contributed by atoms with Crippen molar-refractivity contribution in [2.75, 3.05) is 6.61 Å². The number of hydrogen-bond donors (Lipinski definition) is 0. The van der Waals surface area contributed by atoms with Crippen LogP contribution in [0.15, 0.2) is 118 Å². The maximum Gasteiger partial charge on any atom is 0.422 e. The highest BCUT2D eigenvalue weighted by Crippen LogP contribution is 2.33. The number of carbonyl (C=O) groups is 3. The molecule has 1 fully saturated rings. The number of hydrogen-bond acceptors (Lipinski definition) is 9. The second-order valence-corrected chi connectivity index (χ2v) is 9.86. The summed E-state index contributed by atoms with van der Waals surface area (Å²) in [5, 5.41) is 0. The van der Waals surface area contributed by atoms with Crippen molar-refractivity contribution in [1.29, 1.82) is 0 Å². The SMILES string of the molecule is O=C(O[C@@H]1[C@H](OC(=O)c2ccccc2)[C@H](OC(=O)c2ccccc2)CO[C@@H]1n1c(=O)oc2ccc(F)cc21)c1ccccc1. The molecular weight excluding hydrogens is 573 g/mol. The number of halogens is 1. The zero-order valence-electron chi connectivity index (χ0n) is 22.9. The Hall–Kier alpha value is -5.55. The minimum Gasteiger partial charge on any atom is -0.452 e. The number of esters is 3. The van der Waals surface area contributed by atoms with Crippen molar-refractivity contribution in [1.82, 2.24) is 4.57 Å². The third kappa shape index (κ3) is 5.86. The first kappa shape index (κ1) is 28.6. The van der Waals surface area contributed by atoms with Crippen molar-refractivity contribution in [2.24, 2.45) is 0 Å². The van der Waals surface area contributed by atoms with E-state index in [0.717, 1.165) is 16.7 Å². The molecule has 222 valence electrons. The van der Waals surface area contributed by atoms with E-state index >= 15 is 0 Å². The molecule has 44 heavy (non-hydrogen) atoms. The van der Waals surface area contributed by atoms with Gasteiger partial charge in [-0.1, -0.05) is 54.6 Å². The van der Waals surface area contributed by atoms with E-state index in [-0.39, 0.29) is 34.4 Å². The molecule has 0 radical (unpaired) electrons. The van der Waals surface area contributed by atoms with Crippen LogP contribution in [-0.2, 0) is 18.9 Å². The second kappa shape index (κ2) is 12.4. The fraction of sp³-hybridized carbons (Fsp3) is 0.152. The van der Waals surface area contributed by atoms with Crippen molar-refractivity contribution in [3.8, 4) is 0 Å². The molecule has 1 aliphatic rings. The van der Waals surface area contributed by atoms with Gasteiger partial charge in [-0.25, -0.2) is 28.1 Å². The molecule has 6 rings (SSSR count). The molecule has 1 aromatic heterocycles. The summed E-state index contributed by atoms with van der Waals surface area (Å²) in [6.07, 6.45) is -5.81. The quantitative estimate of drug-likeness (QED) is 0.190. The molecule has 1 saturated heterocycles. The largest absolute Gasteiger partial charge is 0.452 e. The molecular formula is C33H24FNO9. The van der Waals surface area contributed by atoms with Crippen LogP contribution < -0.4 is 5.76 Å². The van der Waals surface area contributed by atoms with Crippen LogP contribution in [0.2, 0.25) is 0 Å². The average molecular weight is 598 g/mol. The van der Waals surface area contributed by atoms with Gasteiger partial charge in [0.05, 0.1) is 28.8 Å². The zero-order chi connectivity index (χ0) is 30.6. The van der Waals surface area contributed by atoms with Gasteiger partial charge < -0.3 is 23.4 Å². The van der Waals surface area contributed by atoms with Gasteiger partial charge in [0, 0.05) is 6.07 Å². The number of carbonyl (C=O) groups excluding carboxylic acids is 3. The second-order valence-electron chi connectivity index (χ2n) is 9.86. The summed E-state index contributed by atoms with van der Waals surface area (Å²) in [5.41, 5.74) is 0.591. The van der Waals surface area contributed by atoms with Gasteiger partial charge >= 0.3 is 23.7 Å². The number of fused-ring (bicyclic) bond motifs is 1. The van der Waals surface area contributed by atoms with Crippen molar-refractivity contribution in [3.63, 3.8) is 0 Å². The van der Waals surface area contributed by atoms with E-state index in [2.05, 4.69) is 0 Å². The lowest BCUT2D eigenvalue weighted by Gasteiger charge is -2.40. The van der Waals surface area contributed by atoms with E-state index in [9.17, 15) is 23.6 Å². The third-order valence-electron chi connectivity index (χ3n) is 7.00. The smallest absolute Gasteiger partial charge is 0.422 e. The number of benzene rings is 4. The average Bonchev–Trinajstić information content (AvgIpc) is 3.38. The molecule has 0 aliphatic carbocycles. The van der Waals surface area contributed by atoms with Crippen molar-refractivity contribution in [3.05, 3.63) is 142 Å². The van der Waals surface area contributed by atoms with Gasteiger partial charge in [-0.05, 0) is 48.5 Å². The lowest BCUT2D eigenvalue weighted by molar-refractivity contribution is -0.212. The normalized spacial score (nSPS) is 19.7. The molecule has 0 N–H and O–H groups in total. The fourth-order valence-corrected chi connectivity index (χ4v) is 4.91. The molecule has 1 aliphatic heterocycles. The van der Waals surface area contributed by atoms with Gasteiger partial charge in [-0.2, -0.15) is 0 Å². The van der Waals surface area contributed by atoms with E-state index in [1.165, 1.54) is 30.3 Å². The maximum absolute atomic E-state index is 14.3. The molecule has 0 saturated carbocycles. The van der Waals surface area contributed by atoms with Crippen LogP contribution in [-0.4, -0.2) is 47.4 Å². The maximum atomic E-state index is 14.3. The predicted molar refractivity (Wildman–Crippen MR) is 152 cm³/mol. The Balaban J connectivity index is 1.44. The molecule has 0 unspecified atom stereocenters.